The number of hydrogen-bond acceptors (Lipinski definition) is 4. The molecule has 0 spiro atoms. The zero-order chi connectivity index (χ0) is 23.8. The van der Waals surface area contributed by atoms with Crippen molar-refractivity contribution >= 4 is 28.6 Å². The summed E-state index contributed by atoms with van der Waals surface area (Å²) in [7, 11) is 0. The van der Waals surface area contributed by atoms with Crippen LogP contribution in [0.4, 0.5) is 18.9 Å². The first-order valence-electron chi connectivity index (χ1n) is 9.94. The molecule has 0 saturated heterocycles. The van der Waals surface area contributed by atoms with Gasteiger partial charge < -0.3 is 14.6 Å². The predicted molar refractivity (Wildman–Crippen MR) is 114 cm³/mol. The number of anilines is 1. The number of ether oxygens (including phenoxy) is 1. The summed E-state index contributed by atoms with van der Waals surface area (Å²) in [6.07, 6.45) is -4.81. The van der Waals surface area contributed by atoms with Crippen molar-refractivity contribution in [3.05, 3.63) is 58.9 Å². The van der Waals surface area contributed by atoms with E-state index in [4.69, 9.17) is 4.74 Å². The van der Waals surface area contributed by atoms with E-state index in [0.717, 1.165) is 15.7 Å². The van der Waals surface area contributed by atoms with Gasteiger partial charge in [0.1, 0.15) is 17.7 Å². The van der Waals surface area contributed by atoms with Gasteiger partial charge in [0.25, 0.3) is 5.91 Å². The highest BCUT2D eigenvalue weighted by atomic mass is 19.4. The van der Waals surface area contributed by atoms with Crippen LogP contribution in [0.1, 0.15) is 48.1 Å². The van der Waals surface area contributed by atoms with Gasteiger partial charge >= 0.3 is 12.1 Å². The summed E-state index contributed by atoms with van der Waals surface area (Å²) >= 11 is 0. The van der Waals surface area contributed by atoms with Crippen LogP contribution in [0.25, 0.3) is 11.0 Å². The van der Waals surface area contributed by atoms with Gasteiger partial charge in [0.05, 0.1) is 11.2 Å². The number of rotatable bonds is 4. The Labute approximate surface area is 183 Å². The average Bonchev–Trinajstić information content (AvgIpc) is 3.00. The number of esters is 1. The van der Waals surface area contributed by atoms with E-state index < -0.39 is 36.0 Å². The minimum Gasteiger partial charge on any atom is -0.459 e. The molecule has 9 heteroatoms. The summed E-state index contributed by atoms with van der Waals surface area (Å²) in [5.74, 6) is -2.53. The van der Waals surface area contributed by atoms with Crippen LogP contribution in [0.3, 0.4) is 0 Å². The quantitative estimate of drug-likeness (QED) is 0.554. The molecule has 1 heterocycles. The number of aromatic nitrogens is 2. The maximum absolute atomic E-state index is 13.7. The van der Waals surface area contributed by atoms with E-state index in [1.165, 1.54) is 18.2 Å². The molecule has 3 aromatic rings. The number of amides is 1. The average molecular weight is 447 g/mol. The van der Waals surface area contributed by atoms with Crippen molar-refractivity contribution in [3.8, 4) is 0 Å². The molecule has 0 unspecified atom stereocenters. The first-order chi connectivity index (χ1) is 14.8. The van der Waals surface area contributed by atoms with Gasteiger partial charge in [-0.05, 0) is 57.9 Å². The monoisotopic (exact) mass is 447 g/mol. The zero-order valence-electron chi connectivity index (χ0n) is 18.4. The van der Waals surface area contributed by atoms with Gasteiger partial charge in [-0.25, -0.2) is 4.98 Å². The number of para-hydroxylation sites is 1. The molecule has 0 fully saturated rings. The molecular weight excluding hydrogens is 423 g/mol. The SMILES string of the molecule is Cc1cccc(C)c1C(=O)Nc1cccc2c1nc(C(F)(F)F)n2CC(=O)OC(C)(C)C. The summed E-state index contributed by atoms with van der Waals surface area (Å²) in [6.45, 7) is 7.77. The predicted octanol–water partition coefficient (Wildman–Crippen LogP) is 5.27. The highest BCUT2D eigenvalue weighted by Gasteiger charge is 2.39. The highest BCUT2D eigenvalue weighted by Crippen LogP contribution is 2.34. The van der Waals surface area contributed by atoms with E-state index in [2.05, 4.69) is 10.3 Å². The second-order valence-corrected chi connectivity index (χ2v) is 8.50. The molecule has 0 aliphatic carbocycles. The Morgan fingerprint density at radius 2 is 1.62 bits per heavy atom. The summed E-state index contributed by atoms with van der Waals surface area (Å²) in [6, 6.07) is 9.75. The lowest BCUT2D eigenvalue weighted by Crippen LogP contribution is -2.28. The Balaban J connectivity index is 2.06. The van der Waals surface area contributed by atoms with E-state index in [1.54, 1.807) is 46.8 Å². The van der Waals surface area contributed by atoms with Gasteiger partial charge in [0.15, 0.2) is 0 Å². The van der Waals surface area contributed by atoms with E-state index in [0.29, 0.717) is 5.56 Å². The highest BCUT2D eigenvalue weighted by molar-refractivity contribution is 6.09. The molecule has 0 radical (unpaired) electrons. The lowest BCUT2D eigenvalue weighted by molar-refractivity contribution is -0.158. The van der Waals surface area contributed by atoms with Gasteiger partial charge in [-0.3, -0.25) is 9.59 Å². The minimum atomic E-state index is -4.81. The molecule has 32 heavy (non-hydrogen) atoms. The first kappa shape index (κ1) is 23.3. The number of nitrogens with one attached hydrogen (secondary N) is 1. The Kier molecular flexibility index (Phi) is 6.04. The molecule has 170 valence electrons. The molecule has 2 aromatic carbocycles. The second-order valence-electron chi connectivity index (χ2n) is 8.50. The Morgan fingerprint density at radius 3 is 2.19 bits per heavy atom. The third-order valence-corrected chi connectivity index (χ3v) is 4.70. The number of fused-ring (bicyclic) bond motifs is 1. The molecule has 1 amide bonds. The van der Waals surface area contributed by atoms with Crippen LogP contribution in [-0.4, -0.2) is 27.0 Å². The third kappa shape index (κ3) is 4.92. The van der Waals surface area contributed by atoms with Gasteiger partial charge in [0.2, 0.25) is 5.82 Å². The Hall–Kier alpha value is -3.36. The number of aryl methyl sites for hydroxylation is 2. The summed E-state index contributed by atoms with van der Waals surface area (Å²) in [5.41, 5.74) is 1.17. The molecule has 0 aliphatic rings. The minimum absolute atomic E-state index is 0.0579. The maximum Gasteiger partial charge on any atom is 0.449 e. The normalized spacial score (nSPS) is 12.1. The number of benzene rings is 2. The Morgan fingerprint density at radius 1 is 1.03 bits per heavy atom. The molecule has 0 bridgehead atoms. The van der Waals surface area contributed by atoms with E-state index in [-0.39, 0.29) is 16.7 Å². The molecule has 1 N–H and O–H groups in total. The number of alkyl halides is 3. The van der Waals surface area contributed by atoms with Crippen molar-refractivity contribution in [1.29, 1.82) is 0 Å². The summed E-state index contributed by atoms with van der Waals surface area (Å²) in [5, 5.41) is 2.67. The van der Waals surface area contributed by atoms with Crippen molar-refractivity contribution in [1.82, 2.24) is 9.55 Å². The number of imidazole rings is 1. The van der Waals surface area contributed by atoms with Crippen LogP contribution in [-0.2, 0) is 22.3 Å². The number of carbonyl (C=O) groups is 2. The van der Waals surface area contributed by atoms with Crippen molar-refractivity contribution in [2.24, 2.45) is 0 Å². The van der Waals surface area contributed by atoms with Crippen molar-refractivity contribution in [2.45, 2.75) is 52.9 Å². The zero-order valence-corrected chi connectivity index (χ0v) is 18.4. The van der Waals surface area contributed by atoms with E-state index in [9.17, 15) is 22.8 Å². The molecule has 0 aliphatic heterocycles. The van der Waals surface area contributed by atoms with Crippen LogP contribution in [0.5, 0.6) is 0 Å². The smallest absolute Gasteiger partial charge is 0.449 e. The molecule has 0 saturated carbocycles. The first-order valence-corrected chi connectivity index (χ1v) is 9.94. The fraction of sp³-hybridized carbons (Fsp3) is 0.348. The van der Waals surface area contributed by atoms with Crippen LogP contribution >= 0.6 is 0 Å². The van der Waals surface area contributed by atoms with Crippen LogP contribution < -0.4 is 5.32 Å². The standard InChI is InChI=1S/C23H24F3N3O3/c1-13-8-6-9-14(2)18(13)20(31)27-15-10-7-11-16-19(15)28-21(23(24,25)26)29(16)12-17(30)32-22(3,4)5/h6-11H,12H2,1-5H3,(H,27,31). The Bertz CT molecular complexity index is 1170. The third-order valence-electron chi connectivity index (χ3n) is 4.70. The van der Waals surface area contributed by atoms with Crippen LogP contribution in [0, 0.1) is 13.8 Å². The maximum atomic E-state index is 13.7. The molecule has 3 rings (SSSR count). The number of halogens is 3. The van der Waals surface area contributed by atoms with Crippen molar-refractivity contribution < 1.29 is 27.5 Å². The topological polar surface area (TPSA) is 73.2 Å². The fourth-order valence-corrected chi connectivity index (χ4v) is 3.48. The lowest BCUT2D eigenvalue weighted by Gasteiger charge is -2.20. The van der Waals surface area contributed by atoms with Gasteiger partial charge in [-0.15, -0.1) is 0 Å². The van der Waals surface area contributed by atoms with Gasteiger partial charge in [-0.2, -0.15) is 13.2 Å². The number of carbonyl (C=O) groups excluding carboxylic acids is 2. The fourth-order valence-electron chi connectivity index (χ4n) is 3.48. The second kappa shape index (κ2) is 8.29. The largest absolute Gasteiger partial charge is 0.459 e. The molecule has 1 aromatic heterocycles. The van der Waals surface area contributed by atoms with E-state index >= 15 is 0 Å². The van der Waals surface area contributed by atoms with Gasteiger partial charge in [-0.1, -0.05) is 24.3 Å². The van der Waals surface area contributed by atoms with Crippen LogP contribution in [0.15, 0.2) is 36.4 Å². The summed E-state index contributed by atoms with van der Waals surface area (Å²) in [4.78, 5) is 28.9. The number of hydrogen-bond donors (Lipinski definition) is 1. The van der Waals surface area contributed by atoms with Crippen molar-refractivity contribution in [3.63, 3.8) is 0 Å². The van der Waals surface area contributed by atoms with Gasteiger partial charge in [0, 0.05) is 5.56 Å². The molecule has 6 nitrogen and oxygen atoms in total. The van der Waals surface area contributed by atoms with Crippen LogP contribution in [0.2, 0.25) is 0 Å². The molecule has 0 atom stereocenters. The van der Waals surface area contributed by atoms with Crippen molar-refractivity contribution in [2.75, 3.05) is 5.32 Å². The summed E-state index contributed by atoms with van der Waals surface area (Å²) < 4.78 is 47.1. The lowest BCUT2D eigenvalue weighted by atomic mass is 10.0. The molecular formula is C23H24F3N3O3. The number of nitrogens with zero attached hydrogens (tertiary/aromatic N) is 2. The van der Waals surface area contributed by atoms with E-state index in [1.807, 2.05) is 6.07 Å².